The lowest BCUT2D eigenvalue weighted by molar-refractivity contribution is -0.241. The molecule has 0 spiro atoms. The minimum atomic E-state index is -2.55. The number of hydrogen-bond donors (Lipinski definition) is 1. The molecule has 0 bridgehead atoms. The first-order valence-corrected chi connectivity index (χ1v) is 19.0. The highest BCUT2D eigenvalue weighted by Crippen LogP contribution is 2.50. The molecule has 0 unspecified atom stereocenters. The van der Waals surface area contributed by atoms with Crippen molar-refractivity contribution in [3.05, 3.63) is 59.1 Å². The van der Waals surface area contributed by atoms with Gasteiger partial charge in [-0.15, -0.1) is 0 Å². The SMILES string of the molecule is COC1=CC(=O)C(C(=O)/C=C/c2ccc(OC(=O)OC(C)(C)C)cc2)=C2O[C@@H]3[C@@H](OC(=O)OC(C)(C)C)[C@H](OC(=O)OC(C)(C)C)[C@@H](COC(=O)OC(C)(C)C)O[C@H]3[C@]12O. The van der Waals surface area contributed by atoms with Gasteiger partial charge in [0, 0.05) is 6.08 Å². The average Bonchev–Trinajstić information content (AvgIpc) is 3.36. The van der Waals surface area contributed by atoms with Crippen molar-refractivity contribution in [3.63, 3.8) is 0 Å². The number of ketones is 2. The van der Waals surface area contributed by atoms with Gasteiger partial charge in [0.05, 0.1) is 7.11 Å². The standard InChI is InChI=1S/C42H54O18/c1-38(2,3)57-34(45)51-21-26-29(55-36(47)59-40(7,8)9)30(56-37(48)60-41(10,11)12)31-33(53-26)42(49)27(50-13)20-25(44)28(32(42)54-31)24(43)19-16-22-14-17-23(18-15-22)52-35(46)58-39(4,5)6/h14-20,26,29-31,33,49H,21H2,1-13H3/b19-16+/t26-,29-,30+,31-,33-,42+/m1/s1. The third-order valence-corrected chi connectivity index (χ3v) is 8.12. The molecule has 2 aliphatic heterocycles. The molecule has 1 N–H and O–H groups in total. The molecule has 0 amide bonds. The number of hydrogen-bond acceptors (Lipinski definition) is 18. The molecule has 6 atom stereocenters. The van der Waals surface area contributed by atoms with Crippen molar-refractivity contribution in [1.29, 1.82) is 0 Å². The normalized spacial score (nSPS) is 24.2. The average molecular weight is 847 g/mol. The molecule has 2 heterocycles. The highest BCUT2D eigenvalue weighted by Gasteiger charge is 2.69. The van der Waals surface area contributed by atoms with Crippen LogP contribution in [-0.4, -0.2) is 114 Å². The lowest BCUT2D eigenvalue weighted by atomic mass is 9.80. The summed E-state index contributed by atoms with van der Waals surface area (Å²) >= 11 is 0. The van der Waals surface area contributed by atoms with Crippen molar-refractivity contribution in [3.8, 4) is 5.75 Å². The molecular formula is C42H54O18. The summed E-state index contributed by atoms with van der Waals surface area (Å²) < 4.78 is 61.1. The van der Waals surface area contributed by atoms with E-state index in [2.05, 4.69) is 0 Å². The van der Waals surface area contributed by atoms with Gasteiger partial charge in [0.25, 0.3) is 0 Å². The highest BCUT2D eigenvalue weighted by atomic mass is 16.8. The van der Waals surface area contributed by atoms with Crippen LogP contribution in [0.15, 0.2) is 53.5 Å². The van der Waals surface area contributed by atoms with Crippen LogP contribution in [0.3, 0.4) is 0 Å². The number of carbonyl (C=O) groups excluding carboxylic acids is 6. The fourth-order valence-electron chi connectivity index (χ4n) is 5.98. The van der Waals surface area contributed by atoms with E-state index in [-0.39, 0.29) is 5.75 Å². The number of rotatable bonds is 9. The second kappa shape index (κ2) is 17.5. The van der Waals surface area contributed by atoms with Gasteiger partial charge in [0.2, 0.25) is 5.60 Å². The molecule has 2 fully saturated rings. The van der Waals surface area contributed by atoms with E-state index in [4.69, 9.17) is 52.1 Å². The molecule has 0 saturated carbocycles. The van der Waals surface area contributed by atoms with Crippen molar-refractivity contribution in [2.75, 3.05) is 13.7 Å². The predicted molar refractivity (Wildman–Crippen MR) is 207 cm³/mol. The van der Waals surface area contributed by atoms with Gasteiger partial charge in [-0.3, -0.25) is 9.59 Å². The summed E-state index contributed by atoms with van der Waals surface area (Å²) in [7, 11) is 1.15. The van der Waals surface area contributed by atoms with Gasteiger partial charge in [-0.25, -0.2) is 19.2 Å². The van der Waals surface area contributed by atoms with Crippen molar-refractivity contribution < 1.29 is 86.0 Å². The zero-order valence-corrected chi connectivity index (χ0v) is 36.0. The van der Waals surface area contributed by atoms with Gasteiger partial charge in [-0.1, -0.05) is 18.2 Å². The predicted octanol–water partition coefficient (Wildman–Crippen LogP) is 6.44. The molecule has 18 nitrogen and oxygen atoms in total. The summed E-state index contributed by atoms with van der Waals surface area (Å²) in [6.45, 7) is 18.6. The zero-order chi connectivity index (χ0) is 45.2. The van der Waals surface area contributed by atoms with Crippen LogP contribution in [0, 0.1) is 0 Å². The molecule has 4 rings (SSSR count). The van der Waals surface area contributed by atoms with Crippen LogP contribution in [-0.2, 0) is 57.0 Å². The maximum atomic E-state index is 13.9. The van der Waals surface area contributed by atoms with E-state index in [1.807, 2.05) is 0 Å². The molecule has 330 valence electrons. The number of carbonyl (C=O) groups is 6. The Hall–Kier alpha value is -5.62. The van der Waals surface area contributed by atoms with Crippen LogP contribution in [0.2, 0.25) is 0 Å². The Morgan fingerprint density at radius 1 is 0.733 bits per heavy atom. The minimum Gasteiger partial charge on any atom is -0.497 e. The summed E-state index contributed by atoms with van der Waals surface area (Å²) in [6.07, 6.45) is -9.62. The minimum absolute atomic E-state index is 0.163. The molecule has 60 heavy (non-hydrogen) atoms. The zero-order valence-electron chi connectivity index (χ0n) is 36.0. The van der Waals surface area contributed by atoms with Crippen molar-refractivity contribution in [1.82, 2.24) is 0 Å². The van der Waals surface area contributed by atoms with Gasteiger partial charge in [0.15, 0.2) is 35.6 Å². The van der Waals surface area contributed by atoms with Gasteiger partial charge in [-0.05, 0) is 107 Å². The fraction of sp³-hybridized carbons (Fsp3) is 0.571. The second-order valence-electron chi connectivity index (χ2n) is 17.9. The molecule has 3 aliphatic rings. The number of methoxy groups -OCH3 is 1. The van der Waals surface area contributed by atoms with E-state index in [1.54, 1.807) is 83.1 Å². The fourth-order valence-corrected chi connectivity index (χ4v) is 5.98. The third-order valence-electron chi connectivity index (χ3n) is 8.12. The molecule has 18 heteroatoms. The Kier molecular flexibility index (Phi) is 13.8. The monoisotopic (exact) mass is 846 g/mol. The quantitative estimate of drug-likeness (QED) is 0.0928. The lowest BCUT2D eigenvalue weighted by Gasteiger charge is -2.44. The van der Waals surface area contributed by atoms with E-state index in [0.29, 0.717) is 5.56 Å². The summed E-state index contributed by atoms with van der Waals surface area (Å²) in [5.74, 6) is -2.72. The molecule has 1 aromatic carbocycles. The number of fused-ring (bicyclic) bond motifs is 3. The summed E-state index contributed by atoms with van der Waals surface area (Å²) in [6, 6.07) is 5.97. The first-order valence-electron chi connectivity index (χ1n) is 19.0. The maximum Gasteiger partial charge on any atom is 0.514 e. The molecule has 0 aromatic heterocycles. The topological polar surface area (TPSA) is 224 Å². The first kappa shape index (κ1) is 47.1. The Bertz CT molecular complexity index is 1910. The molecular weight excluding hydrogens is 792 g/mol. The highest BCUT2D eigenvalue weighted by molar-refractivity contribution is 6.29. The second-order valence-corrected chi connectivity index (χ2v) is 17.9. The summed E-state index contributed by atoms with van der Waals surface area (Å²) in [4.78, 5) is 78.9. The van der Waals surface area contributed by atoms with Crippen LogP contribution in [0.1, 0.15) is 88.6 Å². The summed E-state index contributed by atoms with van der Waals surface area (Å²) in [5, 5.41) is 12.6. The van der Waals surface area contributed by atoms with Crippen molar-refractivity contribution >= 4 is 42.3 Å². The Morgan fingerprint density at radius 2 is 1.23 bits per heavy atom. The third kappa shape index (κ3) is 12.2. The number of allylic oxidation sites excluding steroid dienone is 3. The van der Waals surface area contributed by atoms with Crippen LogP contribution in [0.4, 0.5) is 19.2 Å². The van der Waals surface area contributed by atoms with Gasteiger partial charge in [-0.2, -0.15) is 0 Å². The number of benzene rings is 1. The van der Waals surface area contributed by atoms with Crippen LogP contribution >= 0.6 is 0 Å². The van der Waals surface area contributed by atoms with E-state index in [9.17, 15) is 33.9 Å². The maximum absolute atomic E-state index is 13.9. The van der Waals surface area contributed by atoms with Crippen LogP contribution < -0.4 is 4.74 Å². The molecule has 1 aliphatic carbocycles. The summed E-state index contributed by atoms with van der Waals surface area (Å²) in [5.41, 5.74) is -6.63. The largest absolute Gasteiger partial charge is 0.514 e. The lowest BCUT2D eigenvalue weighted by Crippen LogP contribution is -2.64. The number of aliphatic hydroxyl groups is 1. The Balaban J connectivity index is 1.77. The van der Waals surface area contributed by atoms with Gasteiger partial charge < -0.3 is 57.2 Å². The Morgan fingerprint density at radius 3 is 1.75 bits per heavy atom. The van der Waals surface area contributed by atoms with Crippen molar-refractivity contribution in [2.45, 2.75) is 142 Å². The van der Waals surface area contributed by atoms with Crippen molar-refractivity contribution in [2.24, 2.45) is 0 Å². The van der Waals surface area contributed by atoms with E-state index in [0.717, 1.165) is 19.3 Å². The first-order chi connectivity index (χ1) is 27.5. The Labute approximate surface area is 347 Å². The van der Waals surface area contributed by atoms with Crippen LogP contribution in [0.5, 0.6) is 5.75 Å². The van der Waals surface area contributed by atoms with E-state index >= 15 is 0 Å². The van der Waals surface area contributed by atoms with Gasteiger partial charge in [0.1, 0.15) is 58.3 Å². The van der Waals surface area contributed by atoms with Gasteiger partial charge >= 0.3 is 24.6 Å². The molecule has 0 radical (unpaired) electrons. The van der Waals surface area contributed by atoms with E-state index in [1.165, 1.54) is 30.3 Å². The van der Waals surface area contributed by atoms with E-state index < -0.39 is 118 Å². The molecule has 2 saturated heterocycles. The smallest absolute Gasteiger partial charge is 0.497 e. The molecule has 1 aromatic rings. The van der Waals surface area contributed by atoms with Crippen LogP contribution in [0.25, 0.3) is 6.08 Å². The number of ether oxygens (including phenoxy) is 11.